The summed E-state index contributed by atoms with van der Waals surface area (Å²) in [6.45, 7) is 3.86. The Morgan fingerprint density at radius 1 is 1.33 bits per heavy atom. The number of imide groups is 1. The summed E-state index contributed by atoms with van der Waals surface area (Å²) in [5, 5.41) is 0. The van der Waals surface area contributed by atoms with Crippen molar-refractivity contribution in [2.75, 3.05) is 26.2 Å². The quantitative estimate of drug-likeness (QED) is 0.653. The first-order valence-electron chi connectivity index (χ1n) is 6.30. The van der Waals surface area contributed by atoms with Crippen LogP contribution in [0.3, 0.4) is 0 Å². The van der Waals surface area contributed by atoms with Crippen molar-refractivity contribution in [2.24, 2.45) is 0 Å². The van der Waals surface area contributed by atoms with Crippen LogP contribution in [0.2, 0.25) is 0 Å². The molecule has 100 valence electrons. The lowest BCUT2D eigenvalue weighted by atomic mass is 10.2. The van der Waals surface area contributed by atoms with E-state index in [9.17, 15) is 14.4 Å². The van der Waals surface area contributed by atoms with Gasteiger partial charge in [-0.25, -0.2) is 0 Å². The molecule has 2 aliphatic heterocycles. The van der Waals surface area contributed by atoms with Crippen LogP contribution < -0.4 is 0 Å². The van der Waals surface area contributed by atoms with Crippen LogP contribution >= 0.6 is 0 Å². The Bertz CT molecular complexity index is 353. The Kier molecular flexibility index (Phi) is 3.96. The van der Waals surface area contributed by atoms with Crippen molar-refractivity contribution in [1.82, 2.24) is 9.80 Å². The molecule has 2 aliphatic rings. The Morgan fingerprint density at radius 3 is 2.61 bits per heavy atom. The lowest BCUT2D eigenvalue weighted by Crippen LogP contribution is -2.45. The van der Waals surface area contributed by atoms with Gasteiger partial charge in [0.1, 0.15) is 0 Å². The van der Waals surface area contributed by atoms with Gasteiger partial charge in [-0.05, 0) is 6.92 Å². The lowest BCUT2D eigenvalue weighted by Gasteiger charge is -2.31. The molecule has 2 saturated heterocycles. The molecule has 0 aromatic heterocycles. The zero-order valence-electron chi connectivity index (χ0n) is 10.6. The fourth-order valence-electron chi connectivity index (χ4n) is 2.28. The Labute approximate surface area is 106 Å². The minimum atomic E-state index is -0.164. The average Bonchev–Trinajstić information content (AvgIpc) is 2.66. The second-order valence-corrected chi connectivity index (χ2v) is 4.71. The van der Waals surface area contributed by atoms with Gasteiger partial charge in [0.2, 0.25) is 17.7 Å². The Morgan fingerprint density at radius 2 is 2.00 bits per heavy atom. The molecule has 2 heterocycles. The molecule has 2 fully saturated rings. The highest BCUT2D eigenvalue weighted by molar-refractivity contribution is 6.02. The van der Waals surface area contributed by atoms with E-state index in [1.807, 2.05) is 6.92 Å². The summed E-state index contributed by atoms with van der Waals surface area (Å²) in [6.07, 6.45) is 0.825. The first kappa shape index (κ1) is 13.0. The predicted octanol–water partition coefficient (Wildman–Crippen LogP) is -0.227. The molecule has 3 amide bonds. The molecule has 0 aromatic carbocycles. The van der Waals surface area contributed by atoms with Crippen LogP contribution in [0.25, 0.3) is 0 Å². The number of hydrogen-bond acceptors (Lipinski definition) is 4. The molecule has 0 saturated carbocycles. The fraction of sp³-hybridized carbons (Fsp3) is 0.750. The molecule has 0 aromatic rings. The van der Waals surface area contributed by atoms with Crippen LogP contribution in [0.4, 0.5) is 0 Å². The average molecular weight is 254 g/mol. The molecule has 0 aliphatic carbocycles. The van der Waals surface area contributed by atoms with E-state index in [2.05, 4.69) is 0 Å². The molecule has 0 N–H and O–H groups in total. The summed E-state index contributed by atoms with van der Waals surface area (Å²) in [5.41, 5.74) is 0. The van der Waals surface area contributed by atoms with Gasteiger partial charge < -0.3 is 9.64 Å². The Balaban J connectivity index is 1.81. The van der Waals surface area contributed by atoms with Crippen LogP contribution in [0.5, 0.6) is 0 Å². The summed E-state index contributed by atoms with van der Waals surface area (Å²) in [7, 11) is 0. The molecule has 6 heteroatoms. The molecule has 2 rings (SSSR count). The SMILES string of the molecule is CC1CN(C(=O)CCN2C(=O)CCC2=O)CCO1. The predicted molar refractivity (Wildman–Crippen MR) is 62.6 cm³/mol. The molecule has 1 unspecified atom stereocenters. The van der Waals surface area contributed by atoms with Gasteiger partial charge in [0, 0.05) is 38.9 Å². The summed E-state index contributed by atoms with van der Waals surface area (Å²) in [4.78, 5) is 37.6. The fourth-order valence-corrected chi connectivity index (χ4v) is 2.28. The topological polar surface area (TPSA) is 66.9 Å². The van der Waals surface area contributed by atoms with Gasteiger partial charge in [0.05, 0.1) is 12.7 Å². The van der Waals surface area contributed by atoms with Crippen LogP contribution in [0.15, 0.2) is 0 Å². The second kappa shape index (κ2) is 5.48. The van der Waals surface area contributed by atoms with Crippen molar-refractivity contribution in [3.8, 4) is 0 Å². The smallest absolute Gasteiger partial charge is 0.229 e. The summed E-state index contributed by atoms with van der Waals surface area (Å²) < 4.78 is 5.36. The molecule has 18 heavy (non-hydrogen) atoms. The maximum Gasteiger partial charge on any atom is 0.229 e. The van der Waals surface area contributed by atoms with Crippen molar-refractivity contribution >= 4 is 17.7 Å². The van der Waals surface area contributed by atoms with Gasteiger partial charge in [-0.3, -0.25) is 19.3 Å². The first-order chi connectivity index (χ1) is 8.58. The van der Waals surface area contributed by atoms with Gasteiger partial charge in [0.25, 0.3) is 0 Å². The summed E-state index contributed by atoms with van der Waals surface area (Å²) in [6, 6.07) is 0. The largest absolute Gasteiger partial charge is 0.375 e. The zero-order valence-corrected chi connectivity index (χ0v) is 10.6. The lowest BCUT2D eigenvalue weighted by molar-refractivity contribution is -0.141. The zero-order chi connectivity index (χ0) is 13.1. The van der Waals surface area contributed by atoms with E-state index in [0.717, 1.165) is 0 Å². The van der Waals surface area contributed by atoms with Crippen molar-refractivity contribution in [3.05, 3.63) is 0 Å². The summed E-state index contributed by atoms with van der Waals surface area (Å²) >= 11 is 0. The van der Waals surface area contributed by atoms with E-state index in [1.165, 1.54) is 4.90 Å². The molecular formula is C12H18N2O4. The molecule has 6 nitrogen and oxygen atoms in total. The number of morpholine rings is 1. The molecule has 0 spiro atoms. The number of carbonyl (C=O) groups excluding carboxylic acids is 3. The number of amides is 3. The number of nitrogens with zero attached hydrogens (tertiary/aromatic N) is 2. The van der Waals surface area contributed by atoms with Gasteiger partial charge in [-0.2, -0.15) is 0 Å². The van der Waals surface area contributed by atoms with Gasteiger partial charge >= 0.3 is 0 Å². The third-order valence-electron chi connectivity index (χ3n) is 3.30. The normalized spacial score (nSPS) is 24.8. The van der Waals surface area contributed by atoms with E-state index in [4.69, 9.17) is 4.74 Å². The minimum Gasteiger partial charge on any atom is -0.375 e. The second-order valence-electron chi connectivity index (χ2n) is 4.71. The number of rotatable bonds is 3. The van der Waals surface area contributed by atoms with Crippen molar-refractivity contribution in [1.29, 1.82) is 0 Å². The van der Waals surface area contributed by atoms with E-state index in [1.54, 1.807) is 4.90 Å². The van der Waals surface area contributed by atoms with Crippen molar-refractivity contribution < 1.29 is 19.1 Å². The van der Waals surface area contributed by atoms with Crippen LogP contribution in [0.1, 0.15) is 26.2 Å². The van der Waals surface area contributed by atoms with E-state index in [0.29, 0.717) is 19.7 Å². The van der Waals surface area contributed by atoms with E-state index < -0.39 is 0 Å². The van der Waals surface area contributed by atoms with Crippen LogP contribution in [-0.2, 0) is 19.1 Å². The van der Waals surface area contributed by atoms with Gasteiger partial charge in [-0.15, -0.1) is 0 Å². The number of ether oxygens (including phenoxy) is 1. The van der Waals surface area contributed by atoms with E-state index >= 15 is 0 Å². The van der Waals surface area contributed by atoms with Crippen LogP contribution in [0, 0.1) is 0 Å². The molecule has 0 radical (unpaired) electrons. The first-order valence-corrected chi connectivity index (χ1v) is 6.30. The Hall–Kier alpha value is -1.43. The van der Waals surface area contributed by atoms with E-state index in [-0.39, 0.29) is 49.6 Å². The highest BCUT2D eigenvalue weighted by atomic mass is 16.5. The molecular weight excluding hydrogens is 236 g/mol. The third kappa shape index (κ3) is 2.87. The molecule has 1 atom stereocenters. The number of likely N-dealkylation sites (tertiary alicyclic amines) is 1. The highest BCUT2D eigenvalue weighted by Crippen LogP contribution is 2.13. The third-order valence-corrected chi connectivity index (χ3v) is 3.30. The monoisotopic (exact) mass is 254 g/mol. The standard InChI is InChI=1S/C12H18N2O4/c1-9-8-13(6-7-18-9)10(15)4-5-14-11(16)2-3-12(14)17/h9H,2-8H2,1H3. The van der Waals surface area contributed by atoms with Crippen molar-refractivity contribution in [3.63, 3.8) is 0 Å². The summed E-state index contributed by atoms with van der Waals surface area (Å²) in [5.74, 6) is -0.344. The van der Waals surface area contributed by atoms with Crippen LogP contribution in [-0.4, -0.2) is 59.9 Å². The highest BCUT2D eigenvalue weighted by Gasteiger charge is 2.30. The maximum absolute atomic E-state index is 11.9. The van der Waals surface area contributed by atoms with Gasteiger partial charge in [0.15, 0.2) is 0 Å². The number of carbonyl (C=O) groups is 3. The molecule has 0 bridgehead atoms. The number of hydrogen-bond donors (Lipinski definition) is 0. The van der Waals surface area contributed by atoms with Crippen molar-refractivity contribution in [2.45, 2.75) is 32.3 Å². The minimum absolute atomic E-state index is 0.0161. The van der Waals surface area contributed by atoms with Gasteiger partial charge in [-0.1, -0.05) is 0 Å². The maximum atomic E-state index is 11.9.